The maximum Gasteiger partial charge on any atom is 0.244 e. The number of carbonyl (C=O) groups is 1. The topological polar surface area (TPSA) is 70.6 Å². The number of rotatable bonds is 2. The number of anilines is 1. The fraction of sp³-hybridized carbons (Fsp3) is 0.417. The summed E-state index contributed by atoms with van der Waals surface area (Å²) in [6.07, 6.45) is -0.187. The first-order valence-corrected chi connectivity index (χ1v) is 6.51. The molecule has 1 fully saturated rings. The molecule has 3 N–H and O–H groups in total. The third-order valence-corrected chi connectivity index (χ3v) is 3.31. The van der Waals surface area contributed by atoms with Crippen molar-refractivity contribution in [1.82, 2.24) is 5.32 Å². The third-order valence-electron chi connectivity index (χ3n) is 2.82. The van der Waals surface area contributed by atoms with E-state index in [4.69, 9.17) is 4.74 Å². The fourth-order valence-electron chi connectivity index (χ4n) is 1.85. The number of ether oxygens (including phenoxy) is 1. The molecule has 0 unspecified atom stereocenters. The molecule has 1 saturated heterocycles. The maximum atomic E-state index is 12.1. The first-order valence-electron chi connectivity index (χ1n) is 5.72. The minimum Gasteiger partial charge on any atom is -0.506 e. The number of nitrogens with one attached hydrogen (secondary N) is 2. The molecule has 6 heteroatoms. The van der Waals surface area contributed by atoms with Gasteiger partial charge in [-0.05, 0) is 25.1 Å². The zero-order valence-corrected chi connectivity index (χ0v) is 11.5. The van der Waals surface area contributed by atoms with Gasteiger partial charge in [0.15, 0.2) is 0 Å². The van der Waals surface area contributed by atoms with Crippen LogP contribution in [0.4, 0.5) is 5.69 Å². The van der Waals surface area contributed by atoms with Gasteiger partial charge in [-0.3, -0.25) is 4.79 Å². The number of phenols is 1. The fourth-order valence-corrected chi connectivity index (χ4v) is 2.21. The Morgan fingerprint density at radius 3 is 3.11 bits per heavy atom. The molecule has 98 valence electrons. The zero-order valence-electron chi connectivity index (χ0n) is 9.94. The van der Waals surface area contributed by atoms with Crippen molar-refractivity contribution in [1.29, 1.82) is 0 Å². The zero-order chi connectivity index (χ0) is 13.1. The van der Waals surface area contributed by atoms with Crippen molar-refractivity contribution < 1.29 is 14.6 Å². The van der Waals surface area contributed by atoms with Gasteiger partial charge in [-0.15, -0.1) is 0 Å². The lowest BCUT2D eigenvalue weighted by Crippen LogP contribution is -2.53. The van der Waals surface area contributed by atoms with Gasteiger partial charge in [-0.25, -0.2) is 0 Å². The SMILES string of the molecule is C[C@H]1OCCN[C@@H]1C(=O)Nc1cc(Br)ccc1O. The molecule has 0 saturated carbocycles. The molecular weight excluding hydrogens is 300 g/mol. The van der Waals surface area contributed by atoms with E-state index < -0.39 is 6.04 Å². The molecule has 0 spiro atoms. The number of carbonyl (C=O) groups excluding carboxylic acids is 1. The molecular formula is C12H15BrN2O3. The largest absolute Gasteiger partial charge is 0.506 e. The van der Waals surface area contributed by atoms with Crippen LogP contribution >= 0.6 is 15.9 Å². The van der Waals surface area contributed by atoms with Crippen molar-refractivity contribution in [3.8, 4) is 5.75 Å². The number of benzene rings is 1. The van der Waals surface area contributed by atoms with E-state index >= 15 is 0 Å². The second-order valence-electron chi connectivity index (χ2n) is 4.16. The molecule has 2 atom stereocenters. The van der Waals surface area contributed by atoms with Gasteiger partial charge in [-0.1, -0.05) is 15.9 Å². The highest BCUT2D eigenvalue weighted by atomic mass is 79.9. The van der Waals surface area contributed by atoms with Crippen LogP contribution in [0.3, 0.4) is 0 Å². The van der Waals surface area contributed by atoms with E-state index in [1.807, 2.05) is 6.92 Å². The van der Waals surface area contributed by atoms with Crippen LogP contribution in [0.15, 0.2) is 22.7 Å². The number of hydrogen-bond donors (Lipinski definition) is 3. The summed E-state index contributed by atoms with van der Waals surface area (Å²) < 4.78 is 6.20. The summed E-state index contributed by atoms with van der Waals surface area (Å²) >= 11 is 3.29. The average molecular weight is 315 g/mol. The van der Waals surface area contributed by atoms with E-state index in [2.05, 4.69) is 26.6 Å². The highest BCUT2D eigenvalue weighted by Crippen LogP contribution is 2.27. The molecule has 18 heavy (non-hydrogen) atoms. The van der Waals surface area contributed by atoms with Gasteiger partial charge < -0.3 is 20.5 Å². The molecule has 1 heterocycles. The summed E-state index contributed by atoms with van der Waals surface area (Å²) in [4.78, 5) is 12.1. The van der Waals surface area contributed by atoms with Crippen molar-refractivity contribution in [3.63, 3.8) is 0 Å². The number of amides is 1. The summed E-state index contributed by atoms with van der Waals surface area (Å²) in [6, 6.07) is 4.47. The van der Waals surface area contributed by atoms with Crippen molar-refractivity contribution in [2.45, 2.75) is 19.1 Å². The van der Waals surface area contributed by atoms with E-state index in [0.29, 0.717) is 18.8 Å². The lowest BCUT2D eigenvalue weighted by atomic mass is 10.1. The van der Waals surface area contributed by atoms with E-state index in [1.165, 1.54) is 6.07 Å². The van der Waals surface area contributed by atoms with Gasteiger partial charge >= 0.3 is 0 Å². The van der Waals surface area contributed by atoms with Crippen LogP contribution in [0.5, 0.6) is 5.75 Å². The van der Waals surface area contributed by atoms with Crippen molar-refractivity contribution >= 4 is 27.5 Å². The quantitative estimate of drug-likeness (QED) is 0.723. The van der Waals surface area contributed by atoms with Gasteiger partial charge in [-0.2, -0.15) is 0 Å². The van der Waals surface area contributed by atoms with Crippen molar-refractivity contribution in [2.24, 2.45) is 0 Å². The normalized spacial score (nSPS) is 23.7. The summed E-state index contributed by atoms with van der Waals surface area (Å²) in [5, 5.41) is 15.4. The predicted molar refractivity (Wildman–Crippen MR) is 71.6 cm³/mol. The third kappa shape index (κ3) is 3.01. The Labute approximate surface area is 114 Å². The number of phenolic OH excluding ortho intramolecular Hbond substituents is 1. The maximum absolute atomic E-state index is 12.1. The first-order chi connectivity index (χ1) is 8.58. The Hall–Kier alpha value is -1.11. The van der Waals surface area contributed by atoms with E-state index in [0.717, 1.165) is 4.47 Å². The van der Waals surface area contributed by atoms with Crippen molar-refractivity contribution in [2.75, 3.05) is 18.5 Å². The molecule has 1 aromatic carbocycles. The van der Waals surface area contributed by atoms with Crippen LogP contribution in [0.25, 0.3) is 0 Å². The lowest BCUT2D eigenvalue weighted by molar-refractivity contribution is -0.123. The summed E-state index contributed by atoms with van der Waals surface area (Å²) in [6.45, 7) is 3.09. The number of morpholine rings is 1. The first kappa shape index (κ1) is 13.3. The van der Waals surface area contributed by atoms with E-state index in [1.54, 1.807) is 12.1 Å². The molecule has 0 aromatic heterocycles. The molecule has 5 nitrogen and oxygen atoms in total. The minimum atomic E-state index is -0.405. The molecule has 0 aliphatic carbocycles. The summed E-state index contributed by atoms with van der Waals surface area (Å²) in [7, 11) is 0. The van der Waals surface area contributed by atoms with Crippen LogP contribution in [-0.2, 0) is 9.53 Å². The smallest absolute Gasteiger partial charge is 0.244 e. The average Bonchev–Trinajstić information content (AvgIpc) is 2.34. The second kappa shape index (κ2) is 5.69. The van der Waals surface area contributed by atoms with Crippen LogP contribution in [0, 0.1) is 0 Å². The molecule has 1 aliphatic rings. The standard InChI is InChI=1S/C12H15BrN2O3/c1-7-11(14-4-5-18-7)12(17)15-9-6-8(13)2-3-10(9)16/h2-3,6-7,11,14,16H,4-5H2,1H3,(H,15,17)/t7-,11+/m1/s1. The monoisotopic (exact) mass is 314 g/mol. The van der Waals surface area contributed by atoms with Crippen LogP contribution in [0.2, 0.25) is 0 Å². The molecule has 2 rings (SSSR count). The molecule has 0 radical (unpaired) electrons. The summed E-state index contributed by atoms with van der Waals surface area (Å²) in [5.74, 6) is -0.175. The lowest BCUT2D eigenvalue weighted by Gasteiger charge is -2.29. The molecule has 1 aliphatic heterocycles. The Kier molecular flexibility index (Phi) is 4.21. The van der Waals surface area contributed by atoms with Gasteiger partial charge in [0.25, 0.3) is 0 Å². The second-order valence-corrected chi connectivity index (χ2v) is 5.07. The Bertz CT molecular complexity index is 453. The van der Waals surface area contributed by atoms with Gasteiger partial charge in [0.1, 0.15) is 11.8 Å². The predicted octanol–water partition coefficient (Wildman–Crippen LogP) is 1.47. The van der Waals surface area contributed by atoms with Gasteiger partial charge in [0.2, 0.25) is 5.91 Å². The molecule has 1 amide bonds. The number of halogens is 1. The Morgan fingerprint density at radius 2 is 2.39 bits per heavy atom. The highest BCUT2D eigenvalue weighted by Gasteiger charge is 2.28. The van der Waals surface area contributed by atoms with E-state index in [9.17, 15) is 9.90 Å². The van der Waals surface area contributed by atoms with Crippen LogP contribution in [-0.4, -0.2) is 36.3 Å². The van der Waals surface area contributed by atoms with E-state index in [-0.39, 0.29) is 17.8 Å². The Morgan fingerprint density at radius 1 is 1.61 bits per heavy atom. The highest BCUT2D eigenvalue weighted by molar-refractivity contribution is 9.10. The molecule has 1 aromatic rings. The number of hydrogen-bond acceptors (Lipinski definition) is 4. The number of aromatic hydroxyl groups is 1. The van der Waals surface area contributed by atoms with Crippen LogP contribution in [0.1, 0.15) is 6.92 Å². The molecule has 0 bridgehead atoms. The minimum absolute atomic E-state index is 0.0379. The van der Waals surface area contributed by atoms with Crippen LogP contribution < -0.4 is 10.6 Å². The summed E-state index contributed by atoms with van der Waals surface area (Å²) in [5.41, 5.74) is 0.383. The Balaban J connectivity index is 2.08. The van der Waals surface area contributed by atoms with Gasteiger partial charge in [0.05, 0.1) is 18.4 Å². The van der Waals surface area contributed by atoms with Crippen molar-refractivity contribution in [3.05, 3.63) is 22.7 Å². The van der Waals surface area contributed by atoms with Gasteiger partial charge in [0, 0.05) is 11.0 Å².